The Labute approximate surface area is 249 Å². The van der Waals surface area contributed by atoms with Crippen molar-refractivity contribution in [2.75, 3.05) is 58.2 Å². The van der Waals surface area contributed by atoms with Crippen molar-refractivity contribution in [1.82, 2.24) is 14.7 Å². The number of unbranched alkanes of at least 4 members (excludes halogenated alkanes) is 2. The second kappa shape index (κ2) is 16.3. The zero-order valence-electron chi connectivity index (χ0n) is 24.9. The molecule has 2 aliphatic rings. The summed E-state index contributed by atoms with van der Waals surface area (Å²) in [6, 6.07) is 17.7. The third-order valence-electron chi connectivity index (χ3n) is 8.54. The average molecular weight is 579 g/mol. The van der Waals surface area contributed by atoms with Gasteiger partial charge in [-0.25, -0.2) is 4.79 Å². The Kier molecular flexibility index (Phi) is 12.2. The zero-order valence-corrected chi connectivity index (χ0v) is 24.9. The van der Waals surface area contributed by atoms with Crippen LogP contribution in [0.4, 0.5) is 10.5 Å². The molecule has 2 amide bonds. The van der Waals surface area contributed by atoms with Gasteiger partial charge in [-0.1, -0.05) is 55.0 Å². The minimum Gasteiger partial charge on any atom is -0.481 e. The number of amides is 2. The summed E-state index contributed by atoms with van der Waals surface area (Å²) in [4.78, 5) is 42.9. The second-order valence-electron chi connectivity index (χ2n) is 11.6. The molecule has 0 aromatic heterocycles. The minimum absolute atomic E-state index is 0.118. The van der Waals surface area contributed by atoms with Crippen LogP contribution < -0.4 is 5.32 Å². The fourth-order valence-electron chi connectivity index (χ4n) is 5.80. The van der Waals surface area contributed by atoms with Gasteiger partial charge in [-0.3, -0.25) is 14.9 Å². The number of hydrogen-bond donors (Lipinski definition) is 2. The Bertz CT molecular complexity index is 1140. The molecule has 0 radical (unpaired) electrons. The lowest BCUT2D eigenvalue weighted by molar-refractivity contribution is -0.143. The lowest BCUT2D eigenvalue weighted by atomic mass is 9.97. The molecule has 0 spiro atoms. The molecule has 9 nitrogen and oxygen atoms in total. The summed E-state index contributed by atoms with van der Waals surface area (Å²) in [5, 5.41) is 12.0. The Morgan fingerprint density at radius 1 is 0.857 bits per heavy atom. The summed E-state index contributed by atoms with van der Waals surface area (Å²) in [5.74, 6) is -0.671. The van der Waals surface area contributed by atoms with Crippen LogP contribution in [0.3, 0.4) is 0 Å². The number of carbonyl (C=O) groups excluding carboxylic acids is 2. The first kappa shape index (κ1) is 31.5. The molecular formula is C33H46N4O5. The van der Waals surface area contributed by atoms with Crippen LogP contribution in [0, 0.1) is 5.92 Å². The summed E-state index contributed by atoms with van der Waals surface area (Å²) < 4.78 is 5.75. The Morgan fingerprint density at radius 3 is 2.21 bits per heavy atom. The van der Waals surface area contributed by atoms with Gasteiger partial charge in [0.25, 0.3) is 0 Å². The molecule has 2 heterocycles. The Hall–Kier alpha value is -3.43. The highest BCUT2D eigenvalue weighted by atomic mass is 16.6. The molecule has 42 heavy (non-hydrogen) atoms. The molecule has 228 valence electrons. The molecular weight excluding hydrogens is 532 g/mol. The predicted octanol–water partition coefficient (Wildman–Crippen LogP) is 5.18. The SMILES string of the molecule is CN(CCN1CCC(OC(=O)Nc2ccccc2-c2ccccc2)CC1)C(=O)CCCCCN1CCC(C(=O)O)CC1. The molecule has 0 aliphatic carbocycles. The van der Waals surface area contributed by atoms with Crippen molar-refractivity contribution in [3.8, 4) is 11.1 Å². The number of piperidine rings is 2. The van der Waals surface area contributed by atoms with Gasteiger partial charge in [0.15, 0.2) is 0 Å². The molecule has 0 atom stereocenters. The van der Waals surface area contributed by atoms with Crippen LogP contribution in [0.5, 0.6) is 0 Å². The van der Waals surface area contributed by atoms with Gasteiger partial charge in [0.1, 0.15) is 6.10 Å². The summed E-state index contributed by atoms with van der Waals surface area (Å²) in [5.41, 5.74) is 2.73. The Morgan fingerprint density at radius 2 is 1.50 bits per heavy atom. The average Bonchev–Trinajstić information content (AvgIpc) is 3.01. The first-order chi connectivity index (χ1) is 20.4. The van der Waals surface area contributed by atoms with E-state index in [-0.39, 0.29) is 17.9 Å². The molecule has 2 N–H and O–H groups in total. The quantitative estimate of drug-likeness (QED) is 0.316. The van der Waals surface area contributed by atoms with Crippen LogP contribution in [-0.2, 0) is 14.3 Å². The number of ether oxygens (including phenoxy) is 1. The number of carbonyl (C=O) groups is 3. The topological polar surface area (TPSA) is 102 Å². The highest BCUT2D eigenvalue weighted by Gasteiger charge is 2.25. The number of para-hydroxylation sites is 1. The molecule has 2 aliphatic heterocycles. The Balaban J connectivity index is 1.06. The first-order valence-corrected chi connectivity index (χ1v) is 15.4. The molecule has 9 heteroatoms. The standard InChI is InChI=1S/C33H46N4O5/c1-35(31(38)14-6-3-9-19-36-20-15-27(16-21-36)32(39)40)24-25-37-22-17-28(18-23-37)42-33(41)34-30-13-8-7-12-29(30)26-10-4-2-5-11-26/h2,4-5,7-8,10-13,27-28H,3,6,9,14-25H2,1H3,(H,34,41)(H,39,40). The van der Waals surface area contributed by atoms with Crippen LogP contribution in [0.1, 0.15) is 51.4 Å². The summed E-state index contributed by atoms with van der Waals surface area (Å²) in [6.07, 6.45) is 5.99. The maximum atomic E-state index is 12.7. The smallest absolute Gasteiger partial charge is 0.411 e. The van der Waals surface area contributed by atoms with Crippen LogP contribution in [0.2, 0.25) is 0 Å². The number of nitrogens with zero attached hydrogens (tertiary/aromatic N) is 3. The maximum absolute atomic E-state index is 12.7. The van der Waals surface area contributed by atoms with Crippen LogP contribution in [0.25, 0.3) is 11.1 Å². The minimum atomic E-state index is -0.669. The van der Waals surface area contributed by atoms with Crippen molar-refractivity contribution >= 4 is 23.7 Å². The van der Waals surface area contributed by atoms with Gasteiger partial charge in [0.05, 0.1) is 11.6 Å². The number of carboxylic acid groups (broad SMARTS) is 1. The molecule has 0 saturated carbocycles. The van der Waals surface area contributed by atoms with E-state index in [1.165, 1.54) is 0 Å². The van der Waals surface area contributed by atoms with Gasteiger partial charge in [-0.2, -0.15) is 0 Å². The van der Waals surface area contributed by atoms with Crippen LogP contribution in [0.15, 0.2) is 54.6 Å². The zero-order chi connectivity index (χ0) is 29.7. The summed E-state index contributed by atoms with van der Waals surface area (Å²) in [7, 11) is 1.88. The van der Waals surface area contributed by atoms with Gasteiger partial charge in [-0.05, 0) is 69.8 Å². The summed E-state index contributed by atoms with van der Waals surface area (Å²) >= 11 is 0. The maximum Gasteiger partial charge on any atom is 0.411 e. The normalized spacial score (nSPS) is 17.1. The number of benzene rings is 2. The van der Waals surface area contributed by atoms with E-state index in [4.69, 9.17) is 9.84 Å². The van der Waals surface area contributed by atoms with Gasteiger partial charge in [0.2, 0.25) is 5.91 Å². The molecule has 2 fully saturated rings. The van der Waals surface area contributed by atoms with Gasteiger partial charge < -0.3 is 24.5 Å². The van der Waals surface area contributed by atoms with Gasteiger partial charge in [-0.15, -0.1) is 0 Å². The lowest BCUT2D eigenvalue weighted by Gasteiger charge is -2.32. The molecule has 0 bridgehead atoms. The molecule has 2 aromatic rings. The van der Waals surface area contributed by atoms with E-state index in [9.17, 15) is 14.4 Å². The second-order valence-corrected chi connectivity index (χ2v) is 11.6. The van der Waals surface area contributed by atoms with E-state index in [1.807, 2.05) is 66.5 Å². The third-order valence-corrected chi connectivity index (χ3v) is 8.54. The van der Waals surface area contributed by atoms with Crippen molar-refractivity contribution in [3.63, 3.8) is 0 Å². The van der Waals surface area contributed by atoms with Crippen molar-refractivity contribution < 1.29 is 24.2 Å². The van der Waals surface area contributed by atoms with Crippen molar-refractivity contribution in [2.24, 2.45) is 5.92 Å². The molecule has 4 rings (SSSR count). The number of likely N-dealkylation sites (N-methyl/N-ethyl adjacent to an activating group) is 1. The first-order valence-electron chi connectivity index (χ1n) is 15.4. The van der Waals surface area contributed by atoms with E-state index in [2.05, 4.69) is 15.1 Å². The number of anilines is 1. The predicted molar refractivity (Wildman–Crippen MR) is 164 cm³/mol. The molecule has 2 saturated heterocycles. The molecule has 2 aromatic carbocycles. The van der Waals surface area contributed by atoms with E-state index in [0.29, 0.717) is 13.0 Å². The fourth-order valence-corrected chi connectivity index (χ4v) is 5.80. The monoisotopic (exact) mass is 578 g/mol. The van der Waals surface area contributed by atoms with Crippen molar-refractivity contribution in [3.05, 3.63) is 54.6 Å². The van der Waals surface area contributed by atoms with E-state index >= 15 is 0 Å². The van der Waals surface area contributed by atoms with Crippen LogP contribution >= 0.6 is 0 Å². The summed E-state index contributed by atoms with van der Waals surface area (Å²) in [6.45, 7) is 5.89. The largest absolute Gasteiger partial charge is 0.481 e. The number of rotatable bonds is 13. The van der Waals surface area contributed by atoms with Crippen molar-refractivity contribution in [2.45, 2.75) is 57.5 Å². The lowest BCUT2D eigenvalue weighted by Crippen LogP contribution is -2.42. The number of likely N-dealkylation sites (tertiary alicyclic amines) is 2. The third kappa shape index (κ3) is 9.84. The van der Waals surface area contributed by atoms with Gasteiger partial charge >= 0.3 is 12.1 Å². The van der Waals surface area contributed by atoms with Crippen LogP contribution in [-0.4, -0.2) is 96.7 Å². The molecule has 0 unspecified atom stereocenters. The van der Waals surface area contributed by atoms with E-state index < -0.39 is 12.1 Å². The highest BCUT2D eigenvalue weighted by molar-refractivity contribution is 5.91. The highest BCUT2D eigenvalue weighted by Crippen LogP contribution is 2.28. The fraction of sp³-hybridized carbons (Fsp3) is 0.545. The number of aliphatic carboxylic acids is 1. The van der Waals surface area contributed by atoms with Gasteiger partial charge in [0, 0.05) is 45.2 Å². The van der Waals surface area contributed by atoms with E-state index in [1.54, 1.807) is 0 Å². The number of carboxylic acids is 1. The van der Waals surface area contributed by atoms with Crippen molar-refractivity contribution in [1.29, 1.82) is 0 Å². The number of nitrogens with one attached hydrogen (secondary N) is 1. The van der Waals surface area contributed by atoms with E-state index in [0.717, 1.165) is 101 Å². The number of hydrogen-bond acceptors (Lipinski definition) is 6.